The molecular weight excluding hydrogens is 193 g/mol. The first-order valence-corrected chi connectivity index (χ1v) is 4.69. The van der Waals surface area contributed by atoms with E-state index in [1.807, 2.05) is 38.0 Å². The van der Waals surface area contributed by atoms with Gasteiger partial charge in [-0.05, 0) is 24.3 Å². The smallest absolute Gasteiger partial charge is 0.200 e. The zero-order valence-electron chi connectivity index (χ0n) is 9.53. The summed E-state index contributed by atoms with van der Waals surface area (Å²) >= 11 is 0. The fourth-order valence-corrected chi connectivity index (χ4v) is 1.23. The highest BCUT2D eigenvalue weighted by atomic mass is 19.1. The SMILES string of the molecule is CN(C)C(=Nc1ccc(F)cc1)N(C)C. The van der Waals surface area contributed by atoms with Crippen molar-refractivity contribution in [3.05, 3.63) is 30.1 Å². The highest BCUT2D eigenvalue weighted by Gasteiger charge is 2.04. The highest BCUT2D eigenvalue weighted by molar-refractivity contribution is 5.81. The Morgan fingerprint density at radius 1 is 1.00 bits per heavy atom. The molecular formula is C11H16FN3. The highest BCUT2D eigenvalue weighted by Crippen LogP contribution is 2.13. The van der Waals surface area contributed by atoms with E-state index >= 15 is 0 Å². The van der Waals surface area contributed by atoms with Gasteiger partial charge in [0.1, 0.15) is 5.82 Å². The van der Waals surface area contributed by atoms with E-state index in [-0.39, 0.29) is 5.82 Å². The van der Waals surface area contributed by atoms with Gasteiger partial charge >= 0.3 is 0 Å². The first-order chi connectivity index (χ1) is 7.00. The molecule has 0 amide bonds. The van der Waals surface area contributed by atoms with Gasteiger partial charge in [-0.2, -0.15) is 0 Å². The summed E-state index contributed by atoms with van der Waals surface area (Å²) in [5, 5.41) is 0. The summed E-state index contributed by atoms with van der Waals surface area (Å²) in [4.78, 5) is 8.21. The molecule has 0 saturated carbocycles. The number of hydrogen-bond acceptors (Lipinski definition) is 1. The number of hydrogen-bond donors (Lipinski definition) is 0. The monoisotopic (exact) mass is 209 g/mol. The van der Waals surface area contributed by atoms with Crippen molar-refractivity contribution in [1.29, 1.82) is 0 Å². The Bertz CT molecular complexity index is 331. The number of guanidine groups is 1. The molecule has 4 heteroatoms. The van der Waals surface area contributed by atoms with Crippen molar-refractivity contribution in [2.24, 2.45) is 4.99 Å². The average molecular weight is 209 g/mol. The van der Waals surface area contributed by atoms with Crippen LogP contribution in [0.5, 0.6) is 0 Å². The van der Waals surface area contributed by atoms with E-state index in [0.717, 1.165) is 11.6 Å². The summed E-state index contributed by atoms with van der Waals surface area (Å²) < 4.78 is 12.7. The molecule has 0 spiro atoms. The van der Waals surface area contributed by atoms with Gasteiger partial charge in [0.15, 0.2) is 0 Å². The minimum atomic E-state index is -0.245. The van der Waals surface area contributed by atoms with Crippen LogP contribution in [0.2, 0.25) is 0 Å². The lowest BCUT2D eigenvalue weighted by Gasteiger charge is -2.22. The summed E-state index contributed by atoms with van der Waals surface area (Å²) in [6.45, 7) is 0. The van der Waals surface area contributed by atoms with Gasteiger partial charge in [0.2, 0.25) is 5.96 Å². The second-order valence-corrected chi connectivity index (χ2v) is 3.68. The van der Waals surface area contributed by atoms with Gasteiger partial charge in [0.25, 0.3) is 0 Å². The fraction of sp³-hybridized carbons (Fsp3) is 0.364. The third-order valence-electron chi connectivity index (χ3n) is 1.86. The topological polar surface area (TPSA) is 18.8 Å². The second kappa shape index (κ2) is 4.77. The summed E-state index contributed by atoms with van der Waals surface area (Å²) in [5.74, 6) is 0.576. The number of halogens is 1. The van der Waals surface area contributed by atoms with Gasteiger partial charge in [-0.25, -0.2) is 9.38 Å². The lowest BCUT2D eigenvalue weighted by molar-refractivity contribution is 0.484. The van der Waals surface area contributed by atoms with Crippen LogP contribution >= 0.6 is 0 Å². The maximum Gasteiger partial charge on any atom is 0.200 e. The molecule has 0 unspecified atom stereocenters. The molecule has 15 heavy (non-hydrogen) atoms. The van der Waals surface area contributed by atoms with Gasteiger partial charge in [0.05, 0.1) is 5.69 Å². The van der Waals surface area contributed by atoms with Crippen molar-refractivity contribution in [3.8, 4) is 0 Å². The van der Waals surface area contributed by atoms with Crippen molar-refractivity contribution in [3.63, 3.8) is 0 Å². The van der Waals surface area contributed by atoms with Crippen molar-refractivity contribution in [1.82, 2.24) is 9.80 Å². The lowest BCUT2D eigenvalue weighted by Crippen LogP contribution is -2.35. The Hall–Kier alpha value is -1.58. The zero-order valence-corrected chi connectivity index (χ0v) is 9.53. The second-order valence-electron chi connectivity index (χ2n) is 3.68. The number of nitrogens with zero attached hydrogens (tertiary/aromatic N) is 3. The summed E-state index contributed by atoms with van der Waals surface area (Å²) in [6, 6.07) is 6.12. The standard InChI is InChI=1S/C11H16FN3/c1-14(2)11(15(3)4)13-10-7-5-9(12)6-8-10/h5-8H,1-4H3. The van der Waals surface area contributed by atoms with Gasteiger partial charge in [-0.3, -0.25) is 0 Å². The van der Waals surface area contributed by atoms with E-state index in [1.54, 1.807) is 12.1 Å². The molecule has 1 rings (SSSR count). The van der Waals surface area contributed by atoms with Crippen LogP contribution in [-0.4, -0.2) is 44.0 Å². The maximum atomic E-state index is 12.7. The quantitative estimate of drug-likeness (QED) is 0.520. The molecule has 0 aliphatic heterocycles. The third kappa shape index (κ3) is 3.23. The minimum absolute atomic E-state index is 0.245. The largest absolute Gasteiger partial charge is 0.349 e. The average Bonchev–Trinajstić information content (AvgIpc) is 2.15. The normalized spacial score (nSPS) is 9.67. The van der Waals surface area contributed by atoms with Crippen molar-refractivity contribution in [2.75, 3.05) is 28.2 Å². The first-order valence-electron chi connectivity index (χ1n) is 4.69. The molecule has 0 aliphatic rings. The van der Waals surface area contributed by atoms with E-state index in [1.165, 1.54) is 12.1 Å². The molecule has 82 valence electrons. The predicted octanol–water partition coefficient (Wildman–Crippen LogP) is 1.94. The fourth-order valence-electron chi connectivity index (χ4n) is 1.23. The Morgan fingerprint density at radius 2 is 1.47 bits per heavy atom. The van der Waals surface area contributed by atoms with Crippen molar-refractivity contribution in [2.45, 2.75) is 0 Å². The summed E-state index contributed by atoms with van der Waals surface area (Å²) in [5.41, 5.74) is 0.744. The van der Waals surface area contributed by atoms with Gasteiger partial charge < -0.3 is 9.80 Å². The van der Waals surface area contributed by atoms with Gasteiger partial charge in [-0.15, -0.1) is 0 Å². The molecule has 0 radical (unpaired) electrons. The van der Waals surface area contributed by atoms with Gasteiger partial charge in [-0.1, -0.05) is 0 Å². The van der Waals surface area contributed by atoms with Crippen LogP contribution in [0.4, 0.5) is 10.1 Å². The molecule has 0 aromatic heterocycles. The Kier molecular flexibility index (Phi) is 3.66. The van der Waals surface area contributed by atoms with Crippen molar-refractivity contribution >= 4 is 11.6 Å². The van der Waals surface area contributed by atoms with E-state index in [4.69, 9.17) is 0 Å². The third-order valence-corrected chi connectivity index (χ3v) is 1.86. The molecule has 0 heterocycles. The van der Waals surface area contributed by atoms with Crippen molar-refractivity contribution < 1.29 is 4.39 Å². The molecule has 3 nitrogen and oxygen atoms in total. The molecule has 0 atom stereocenters. The Labute approximate surface area is 89.8 Å². The summed E-state index contributed by atoms with van der Waals surface area (Å²) in [7, 11) is 7.68. The van der Waals surface area contributed by atoms with E-state index < -0.39 is 0 Å². The van der Waals surface area contributed by atoms with Crippen LogP contribution in [0.25, 0.3) is 0 Å². The Balaban J connectivity index is 2.97. The first kappa shape index (κ1) is 11.5. The van der Waals surface area contributed by atoms with E-state index in [0.29, 0.717) is 0 Å². The minimum Gasteiger partial charge on any atom is -0.349 e. The number of benzene rings is 1. The molecule has 0 bridgehead atoms. The van der Waals surface area contributed by atoms with Crippen LogP contribution in [0, 0.1) is 5.82 Å². The van der Waals surface area contributed by atoms with Gasteiger partial charge in [0, 0.05) is 28.2 Å². The molecule has 1 aromatic rings. The van der Waals surface area contributed by atoms with E-state index in [9.17, 15) is 4.39 Å². The molecule has 1 aromatic carbocycles. The van der Waals surface area contributed by atoms with E-state index in [2.05, 4.69) is 4.99 Å². The van der Waals surface area contributed by atoms with Crippen LogP contribution in [0.15, 0.2) is 29.3 Å². The molecule has 0 fully saturated rings. The lowest BCUT2D eigenvalue weighted by atomic mass is 10.3. The van der Waals surface area contributed by atoms with Crippen LogP contribution in [0.1, 0.15) is 0 Å². The number of aliphatic imine (C=N–C) groups is 1. The van der Waals surface area contributed by atoms with Crippen LogP contribution in [0.3, 0.4) is 0 Å². The zero-order chi connectivity index (χ0) is 11.4. The number of rotatable bonds is 1. The van der Waals surface area contributed by atoms with Crippen LogP contribution < -0.4 is 0 Å². The maximum absolute atomic E-state index is 12.7. The molecule has 0 N–H and O–H groups in total. The molecule has 0 saturated heterocycles. The molecule has 0 aliphatic carbocycles. The Morgan fingerprint density at radius 3 is 1.87 bits per heavy atom. The predicted molar refractivity (Wildman–Crippen MR) is 60.9 cm³/mol. The summed E-state index contributed by atoms with van der Waals surface area (Å²) in [6.07, 6.45) is 0. The van der Waals surface area contributed by atoms with Crippen LogP contribution in [-0.2, 0) is 0 Å².